The van der Waals surface area contributed by atoms with Crippen molar-refractivity contribution >= 4 is 64.6 Å². The predicted octanol–water partition coefficient (Wildman–Crippen LogP) is 12.9. The summed E-state index contributed by atoms with van der Waals surface area (Å²) in [5, 5.41) is 14.3. The van der Waals surface area contributed by atoms with Crippen LogP contribution in [0.25, 0.3) is 98.8 Å². The molecule has 0 radical (unpaired) electrons. The lowest BCUT2D eigenvalue weighted by molar-refractivity contribution is 1.07. The van der Waals surface area contributed by atoms with E-state index in [1.54, 1.807) is 0 Å². The van der Waals surface area contributed by atoms with Crippen LogP contribution in [-0.2, 0) is 0 Å². The second kappa shape index (κ2) is 12.4. The molecule has 52 heavy (non-hydrogen) atoms. The topological polar surface area (TPSA) is 38.7 Å². The van der Waals surface area contributed by atoms with Crippen LogP contribution >= 0.6 is 0 Å². The Balaban J connectivity index is 1.41. The Kier molecular flexibility index (Phi) is 7.14. The summed E-state index contributed by atoms with van der Waals surface area (Å²) in [5.41, 5.74) is 2.82. The van der Waals surface area contributed by atoms with Crippen LogP contribution in [0.3, 0.4) is 0 Å². The van der Waals surface area contributed by atoms with Crippen LogP contribution in [0.15, 0.2) is 188 Å². The number of nitrogens with zero attached hydrogens (tertiary/aromatic N) is 3. The van der Waals surface area contributed by atoms with Crippen LogP contribution < -0.4 is 0 Å². The molecule has 0 saturated heterocycles. The van der Waals surface area contributed by atoms with Crippen LogP contribution in [0.2, 0.25) is 0 Å². The van der Waals surface area contributed by atoms with Crippen molar-refractivity contribution in [2.75, 3.05) is 0 Å². The highest BCUT2D eigenvalue weighted by atomic mass is 15.0. The number of benzene rings is 8. The van der Waals surface area contributed by atoms with Gasteiger partial charge in [-0.25, -0.2) is 15.0 Å². The third-order valence-electron chi connectivity index (χ3n) is 10.1. The predicted molar refractivity (Wildman–Crippen MR) is 219 cm³/mol. The summed E-state index contributed by atoms with van der Waals surface area (Å²) < 4.78 is 0. The Morgan fingerprint density at radius 2 is 0.519 bits per heavy atom. The van der Waals surface area contributed by atoms with Crippen LogP contribution in [0.4, 0.5) is 0 Å². The molecular formula is C49H31N3. The van der Waals surface area contributed by atoms with Crippen molar-refractivity contribution in [3.63, 3.8) is 0 Å². The molecule has 0 aliphatic rings. The number of rotatable bonds is 3. The molecular weight excluding hydrogens is 631 g/mol. The normalized spacial score (nSPS) is 11.5. The van der Waals surface area contributed by atoms with Gasteiger partial charge in [0, 0.05) is 16.7 Å². The lowest BCUT2D eigenvalue weighted by atomic mass is 9.92. The average molecular weight is 662 g/mol. The van der Waals surface area contributed by atoms with Crippen LogP contribution in [0.1, 0.15) is 0 Å². The second-order valence-corrected chi connectivity index (χ2v) is 13.2. The molecule has 0 amide bonds. The maximum absolute atomic E-state index is 5.12. The molecule has 0 unspecified atom stereocenters. The van der Waals surface area contributed by atoms with Gasteiger partial charge < -0.3 is 0 Å². The van der Waals surface area contributed by atoms with Gasteiger partial charge in [0.1, 0.15) is 0 Å². The van der Waals surface area contributed by atoms with Crippen molar-refractivity contribution in [3.8, 4) is 34.2 Å². The molecule has 0 bridgehead atoms. The first-order chi connectivity index (χ1) is 25.8. The number of hydrogen-bond acceptors (Lipinski definition) is 3. The Morgan fingerprint density at radius 3 is 0.962 bits per heavy atom. The van der Waals surface area contributed by atoms with Gasteiger partial charge in [0.25, 0.3) is 0 Å². The van der Waals surface area contributed by atoms with Gasteiger partial charge in [0.05, 0.1) is 0 Å². The summed E-state index contributed by atoms with van der Waals surface area (Å²) in [6.07, 6.45) is 0. The van der Waals surface area contributed by atoms with Gasteiger partial charge in [-0.15, -0.1) is 0 Å². The molecule has 0 N–H and O–H groups in total. The summed E-state index contributed by atoms with van der Waals surface area (Å²) in [7, 11) is 0. The molecule has 3 heteroatoms. The maximum Gasteiger partial charge on any atom is 0.164 e. The largest absolute Gasteiger partial charge is 0.208 e. The smallest absolute Gasteiger partial charge is 0.164 e. The molecule has 0 fully saturated rings. The molecule has 242 valence electrons. The van der Waals surface area contributed by atoms with Crippen LogP contribution in [0, 0.1) is 0 Å². The SMILES string of the molecule is c1ccc(-c2nc(-c3ccccc3)nc(-c3ccc4c5ccccc5c5ccccc5c5ccccc5c5cc6ccccc6cc5c4c3)n2)cc1. The van der Waals surface area contributed by atoms with Gasteiger partial charge >= 0.3 is 0 Å². The minimum Gasteiger partial charge on any atom is -0.208 e. The van der Waals surface area contributed by atoms with E-state index in [9.17, 15) is 0 Å². The van der Waals surface area contributed by atoms with Gasteiger partial charge in [0.2, 0.25) is 0 Å². The summed E-state index contributed by atoms with van der Waals surface area (Å²) in [6, 6.07) is 66.8. The Bertz CT molecular complexity index is 3000. The van der Waals surface area contributed by atoms with Crippen molar-refractivity contribution in [2.45, 2.75) is 0 Å². The van der Waals surface area contributed by atoms with E-state index in [2.05, 4.69) is 152 Å². The van der Waals surface area contributed by atoms with Gasteiger partial charge in [-0.2, -0.15) is 0 Å². The number of hydrogen-bond donors (Lipinski definition) is 0. The van der Waals surface area contributed by atoms with E-state index in [0.29, 0.717) is 17.5 Å². The third kappa shape index (κ3) is 5.10. The Labute approximate surface area is 300 Å². The fraction of sp³-hybridized carbons (Fsp3) is 0. The van der Waals surface area contributed by atoms with E-state index >= 15 is 0 Å². The molecule has 0 aliphatic carbocycles. The number of fused-ring (bicyclic) bond motifs is 11. The summed E-state index contributed by atoms with van der Waals surface area (Å²) >= 11 is 0. The third-order valence-corrected chi connectivity index (χ3v) is 10.1. The Hall–Kier alpha value is -6.97. The molecule has 10 aromatic rings. The van der Waals surface area contributed by atoms with Gasteiger partial charge in [-0.05, 0) is 82.8 Å². The zero-order valence-corrected chi connectivity index (χ0v) is 28.2. The highest BCUT2D eigenvalue weighted by Crippen LogP contribution is 2.38. The van der Waals surface area contributed by atoms with Gasteiger partial charge in [-0.3, -0.25) is 0 Å². The van der Waals surface area contributed by atoms with Crippen molar-refractivity contribution in [1.29, 1.82) is 0 Å². The van der Waals surface area contributed by atoms with Crippen LogP contribution in [-0.4, -0.2) is 15.0 Å². The highest BCUT2D eigenvalue weighted by Gasteiger charge is 2.15. The molecule has 0 atom stereocenters. The van der Waals surface area contributed by atoms with Crippen molar-refractivity contribution in [2.24, 2.45) is 0 Å². The molecule has 0 saturated carbocycles. The van der Waals surface area contributed by atoms with E-state index in [-0.39, 0.29) is 0 Å². The quantitative estimate of drug-likeness (QED) is 0.189. The molecule has 1 aromatic heterocycles. The average Bonchev–Trinajstić information content (AvgIpc) is 3.23. The summed E-state index contributed by atoms with van der Waals surface area (Å²) in [4.78, 5) is 15.2. The zero-order chi connectivity index (χ0) is 34.4. The summed E-state index contributed by atoms with van der Waals surface area (Å²) in [6.45, 7) is 0. The van der Waals surface area contributed by atoms with Crippen molar-refractivity contribution in [3.05, 3.63) is 188 Å². The zero-order valence-electron chi connectivity index (χ0n) is 28.2. The summed E-state index contributed by atoms with van der Waals surface area (Å²) in [5.74, 6) is 1.92. The first-order valence-electron chi connectivity index (χ1n) is 17.6. The van der Waals surface area contributed by atoms with E-state index < -0.39 is 0 Å². The Morgan fingerprint density at radius 1 is 0.212 bits per heavy atom. The maximum atomic E-state index is 5.12. The monoisotopic (exact) mass is 661 g/mol. The van der Waals surface area contributed by atoms with Crippen LogP contribution in [0.5, 0.6) is 0 Å². The molecule has 0 aliphatic heterocycles. The van der Waals surface area contributed by atoms with E-state index in [4.69, 9.17) is 15.0 Å². The second-order valence-electron chi connectivity index (χ2n) is 13.2. The lowest BCUT2D eigenvalue weighted by Crippen LogP contribution is -2.00. The van der Waals surface area contributed by atoms with Gasteiger partial charge in [-0.1, -0.05) is 170 Å². The fourth-order valence-corrected chi connectivity index (χ4v) is 7.62. The fourth-order valence-electron chi connectivity index (χ4n) is 7.62. The lowest BCUT2D eigenvalue weighted by Gasteiger charge is -2.12. The molecule has 10 rings (SSSR count). The van der Waals surface area contributed by atoms with E-state index in [1.165, 1.54) is 48.5 Å². The number of aromatic nitrogens is 3. The van der Waals surface area contributed by atoms with Crippen molar-refractivity contribution < 1.29 is 0 Å². The standard InChI is InChI=1S/C49H31N3/c1-3-15-32(16-4-1)47-50-48(33-17-5-2-6-18-33)52-49(51-47)36-27-28-43-41-25-12-11-23-39(41)37-21-9-10-22-38(37)40-24-13-14-26-42(40)44-29-34-19-7-8-20-35(34)30-46(44)45(43)31-36/h1-31H. The first-order valence-corrected chi connectivity index (χ1v) is 17.6. The molecule has 0 spiro atoms. The minimum absolute atomic E-state index is 0.633. The molecule has 3 nitrogen and oxygen atoms in total. The molecule has 9 aromatic carbocycles. The van der Waals surface area contributed by atoms with E-state index in [1.807, 2.05) is 36.4 Å². The first kappa shape index (κ1) is 29.9. The van der Waals surface area contributed by atoms with Crippen molar-refractivity contribution in [1.82, 2.24) is 15.0 Å². The van der Waals surface area contributed by atoms with Gasteiger partial charge in [0.15, 0.2) is 17.5 Å². The minimum atomic E-state index is 0.633. The molecule has 1 heterocycles. The highest BCUT2D eigenvalue weighted by molar-refractivity contribution is 6.27. The van der Waals surface area contributed by atoms with E-state index in [0.717, 1.165) is 32.8 Å².